The molecule has 1 atom stereocenters. The molecular weight excluding hydrogens is 250 g/mol. The van der Waals surface area contributed by atoms with E-state index >= 15 is 0 Å². The minimum Gasteiger partial charge on any atom is -0.469 e. The first-order chi connectivity index (χ1) is 9.79. The van der Waals surface area contributed by atoms with E-state index < -0.39 is 0 Å². The molecule has 0 aromatic heterocycles. The largest absolute Gasteiger partial charge is 0.469 e. The monoisotopic (exact) mass is 269 g/mol. The van der Waals surface area contributed by atoms with Crippen LogP contribution in [0.5, 0.6) is 0 Å². The first-order valence-electron chi connectivity index (χ1n) is 6.70. The second-order valence-corrected chi connectivity index (χ2v) is 4.66. The summed E-state index contributed by atoms with van der Waals surface area (Å²) in [5.41, 5.74) is 2.15. The van der Waals surface area contributed by atoms with E-state index in [0.717, 1.165) is 11.3 Å². The van der Waals surface area contributed by atoms with E-state index in [1.54, 1.807) is 0 Å². The highest BCUT2D eigenvalue weighted by Crippen LogP contribution is 2.13. The first-order valence-corrected chi connectivity index (χ1v) is 6.70. The van der Waals surface area contributed by atoms with Crippen molar-refractivity contribution >= 4 is 11.7 Å². The van der Waals surface area contributed by atoms with Gasteiger partial charge in [-0.05, 0) is 24.1 Å². The predicted octanol–water partition coefficient (Wildman–Crippen LogP) is 3.13. The molecule has 0 spiro atoms. The van der Waals surface area contributed by atoms with Crippen LogP contribution < -0.4 is 5.32 Å². The van der Waals surface area contributed by atoms with Crippen molar-refractivity contribution in [2.75, 3.05) is 19.0 Å². The fraction of sp³-hybridized carbons (Fsp3) is 0.235. The number of methoxy groups -OCH3 is 1. The Labute approximate surface area is 119 Å². The summed E-state index contributed by atoms with van der Waals surface area (Å²) in [5, 5.41) is 3.28. The lowest BCUT2D eigenvalue weighted by Crippen LogP contribution is -2.26. The minimum absolute atomic E-state index is 0.183. The van der Waals surface area contributed by atoms with Gasteiger partial charge >= 0.3 is 5.97 Å². The molecule has 0 heterocycles. The fourth-order valence-corrected chi connectivity index (χ4v) is 2.10. The van der Waals surface area contributed by atoms with Crippen molar-refractivity contribution in [1.29, 1.82) is 0 Å². The highest BCUT2D eigenvalue weighted by molar-refractivity contribution is 5.73. The molecule has 3 nitrogen and oxygen atoms in total. The van der Waals surface area contributed by atoms with Crippen molar-refractivity contribution in [3.63, 3.8) is 0 Å². The van der Waals surface area contributed by atoms with E-state index in [2.05, 4.69) is 5.32 Å². The molecule has 0 aliphatic rings. The van der Waals surface area contributed by atoms with E-state index in [9.17, 15) is 4.79 Å². The van der Waals surface area contributed by atoms with Crippen LogP contribution in [0.15, 0.2) is 60.7 Å². The maximum Gasteiger partial charge on any atom is 0.310 e. The number of benzene rings is 2. The number of carbonyl (C=O) groups excluding carboxylic acids is 1. The Hall–Kier alpha value is -2.29. The highest BCUT2D eigenvalue weighted by Gasteiger charge is 2.19. The molecule has 3 heteroatoms. The lowest BCUT2D eigenvalue weighted by Gasteiger charge is -2.16. The summed E-state index contributed by atoms with van der Waals surface area (Å²) in [6.45, 7) is 0.561. The highest BCUT2D eigenvalue weighted by atomic mass is 16.5. The van der Waals surface area contributed by atoms with E-state index in [1.807, 2.05) is 60.7 Å². The zero-order valence-electron chi connectivity index (χ0n) is 11.6. The molecule has 0 aliphatic heterocycles. The van der Waals surface area contributed by atoms with Gasteiger partial charge in [-0.2, -0.15) is 0 Å². The number of rotatable bonds is 6. The summed E-state index contributed by atoms with van der Waals surface area (Å²) in [5.74, 6) is -0.375. The van der Waals surface area contributed by atoms with E-state index in [4.69, 9.17) is 4.74 Å². The zero-order chi connectivity index (χ0) is 14.2. The summed E-state index contributed by atoms with van der Waals surface area (Å²) in [6.07, 6.45) is 0.674. The van der Waals surface area contributed by atoms with Crippen molar-refractivity contribution in [3.05, 3.63) is 66.2 Å². The van der Waals surface area contributed by atoms with Crippen molar-refractivity contribution < 1.29 is 9.53 Å². The van der Waals surface area contributed by atoms with Gasteiger partial charge < -0.3 is 10.1 Å². The van der Waals surface area contributed by atoms with Crippen molar-refractivity contribution in [1.82, 2.24) is 0 Å². The average molecular weight is 269 g/mol. The lowest BCUT2D eigenvalue weighted by atomic mass is 9.99. The third-order valence-electron chi connectivity index (χ3n) is 3.19. The van der Waals surface area contributed by atoms with Gasteiger partial charge in [0.2, 0.25) is 0 Å². The number of hydrogen-bond acceptors (Lipinski definition) is 3. The van der Waals surface area contributed by atoms with Crippen LogP contribution in [-0.2, 0) is 16.0 Å². The van der Waals surface area contributed by atoms with Gasteiger partial charge in [-0.15, -0.1) is 0 Å². The van der Waals surface area contributed by atoms with Crippen LogP contribution in [-0.4, -0.2) is 19.6 Å². The molecule has 2 rings (SSSR count). The summed E-state index contributed by atoms with van der Waals surface area (Å²) in [6, 6.07) is 19.8. The van der Waals surface area contributed by atoms with Gasteiger partial charge in [0.1, 0.15) is 0 Å². The van der Waals surface area contributed by atoms with E-state index in [0.29, 0.717) is 13.0 Å². The normalized spacial score (nSPS) is 11.7. The second-order valence-electron chi connectivity index (χ2n) is 4.66. The van der Waals surface area contributed by atoms with Crippen LogP contribution in [0.25, 0.3) is 0 Å². The molecule has 0 amide bonds. The summed E-state index contributed by atoms with van der Waals surface area (Å²) < 4.78 is 4.89. The van der Waals surface area contributed by atoms with E-state index in [-0.39, 0.29) is 11.9 Å². The molecule has 0 bridgehead atoms. The Balaban J connectivity index is 1.99. The van der Waals surface area contributed by atoms with Crippen LogP contribution >= 0.6 is 0 Å². The molecule has 2 aromatic carbocycles. The van der Waals surface area contributed by atoms with Crippen LogP contribution in [0.4, 0.5) is 5.69 Å². The van der Waals surface area contributed by atoms with Crippen molar-refractivity contribution in [3.8, 4) is 0 Å². The molecule has 104 valence electrons. The molecule has 2 aromatic rings. The molecular formula is C17H19NO2. The predicted molar refractivity (Wildman–Crippen MR) is 80.6 cm³/mol. The second kappa shape index (κ2) is 7.34. The van der Waals surface area contributed by atoms with Crippen molar-refractivity contribution in [2.45, 2.75) is 6.42 Å². The van der Waals surface area contributed by atoms with E-state index in [1.165, 1.54) is 7.11 Å². The number of carbonyl (C=O) groups is 1. The van der Waals surface area contributed by atoms with Crippen LogP contribution in [0, 0.1) is 5.92 Å². The topological polar surface area (TPSA) is 38.3 Å². The Morgan fingerprint density at radius 2 is 1.65 bits per heavy atom. The minimum atomic E-state index is -0.192. The molecule has 20 heavy (non-hydrogen) atoms. The SMILES string of the molecule is COC(=O)C(CNc1ccccc1)Cc1ccccc1. The molecule has 0 fully saturated rings. The number of ether oxygens (including phenoxy) is 1. The van der Waals surface area contributed by atoms with Crippen LogP contribution in [0.2, 0.25) is 0 Å². The standard InChI is InChI=1S/C17H19NO2/c1-20-17(19)15(12-14-8-4-2-5-9-14)13-18-16-10-6-3-7-11-16/h2-11,15,18H,12-13H2,1H3. The van der Waals surface area contributed by atoms with Gasteiger partial charge in [0, 0.05) is 12.2 Å². The number of hydrogen-bond donors (Lipinski definition) is 1. The molecule has 0 aliphatic carbocycles. The zero-order valence-corrected chi connectivity index (χ0v) is 11.6. The lowest BCUT2D eigenvalue weighted by molar-refractivity contribution is -0.144. The maximum atomic E-state index is 11.9. The van der Waals surface area contributed by atoms with Gasteiger partial charge in [-0.25, -0.2) is 0 Å². The number of nitrogens with one attached hydrogen (secondary N) is 1. The summed E-state index contributed by atoms with van der Waals surface area (Å²) in [4.78, 5) is 11.9. The van der Waals surface area contributed by atoms with Gasteiger partial charge in [0.05, 0.1) is 13.0 Å². The maximum absolute atomic E-state index is 11.9. The summed E-state index contributed by atoms with van der Waals surface area (Å²) in [7, 11) is 1.43. The number of esters is 1. The van der Waals surface area contributed by atoms with Gasteiger partial charge in [0.25, 0.3) is 0 Å². The average Bonchev–Trinajstić information content (AvgIpc) is 2.52. The number of para-hydroxylation sites is 1. The fourth-order valence-electron chi connectivity index (χ4n) is 2.10. The Bertz CT molecular complexity index is 525. The molecule has 1 N–H and O–H groups in total. The smallest absolute Gasteiger partial charge is 0.310 e. The molecule has 1 unspecified atom stereocenters. The van der Waals surface area contributed by atoms with Crippen LogP contribution in [0.3, 0.4) is 0 Å². The van der Waals surface area contributed by atoms with Gasteiger partial charge in [-0.3, -0.25) is 4.79 Å². The molecule has 0 radical (unpaired) electrons. The van der Waals surface area contributed by atoms with Crippen LogP contribution in [0.1, 0.15) is 5.56 Å². The summed E-state index contributed by atoms with van der Waals surface area (Å²) >= 11 is 0. The Morgan fingerprint density at radius 1 is 1.05 bits per heavy atom. The quantitative estimate of drug-likeness (QED) is 0.819. The Kier molecular flexibility index (Phi) is 5.18. The first kappa shape index (κ1) is 14.1. The van der Waals surface area contributed by atoms with Crippen molar-refractivity contribution in [2.24, 2.45) is 5.92 Å². The molecule has 0 saturated carbocycles. The third-order valence-corrected chi connectivity index (χ3v) is 3.19. The van der Waals surface area contributed by atoms with Gasteiger partial charge in [0.15, 0.2) is 0 Å². The van der Waals surface area contributed by atoms with Gasteiger partial charge in [-0.1, -0.05) is 48.5 Å². The number of anilines is 1. The Morgan fingerprint density at radius 3 is 2.25 bits per heavy atom. The molecule has 0 saturated heterocycles. The third kappa shape index (κ3) is 4.12.